The predicted molar refractivity (Wildman–Crippen MR) is 76.6 cm³/mol. The first-order valence-electron chi connectivity index (χ1n) is 6.28. The SMILES string of the molecule is Cc1nn(C)c(Cl)c1CC(N)c1cnn2ccncc12. The molecule has 2 N–H and O–H groups in total. The summed E-state index contributed by atoms with van der Waals surface area (Å²) < 4.78 is 3.43. The van der Waals surface area contributed by atoms with Crippen LogP contribution in [0.25, 0.3) is 5.52 Å². The van der Waals surface area contributed by atoms with Gasteiger partial charge in [-0.05, 0) is 13.3 Å². The summed E-state index contributed by atoms with van der Waals surface area (Å²) in [7, 11) is 1.82. The average Bonchev–Trinajstić information content (AvgIpc) is 2.96. The van der Waals surface area contributed by atoms with Gasteiger partial charge in [-0.2, -0.15) is 10.2 Å². The highest BCUT2D eigenvalue weighted by molar-refractivity contribution is 6.30. The average molecular weight is 291 g/mol. The molecule has 3 aromatic heterocycles. The zero-order valence-corrected chi connectivity index (χ0v) is 12.0. The molecule has 0 aliphatic heterocycles. The standard InChI is InChI=1S/C13H15ClN6/c1-8-9(13(14)19(2)18-8)5-11(15)10-6-17-20-4-3-16-7-12(10)20/h3-4,6-7,11H,5,15H2,1-2H3. The van der Waals surface area contributed by atoms with Crippen LogP contribution in [-0.2, 0) is 13.5 Å². The van der Waals surface area contributed by atoms with Crippen LogP contribution in [0.2, 0.25) is 5.15 Å². The number of fused-ring (bicyclic) bond motifs is 1. The maximum absolute atomic E-state index is 6.31. The van der Waals surface area contributed by atoms with Crippen molar-refractivity contribution < 1.29 is 0 Å². The zero-order chi connectivity index (χ0) is 14.3. The summed E-state index contributed by atoms with van der Waals surface area (Å²) in [6.45, 7) is 1.94. The molecule has 104 valence electrons. The Morgan fingerprint density at radius 2 is 2.20 bits per heavy atom. The third-order valence-electron chi connectivity index (χ3n) is 3.45. The fourth-order valence-electron chi connectivity index (χ4n) is 2.37. The van der Waals surface area contributed by atoms with Crippen LogP contribution in [0.4, 0.5) is 0 Å². The van der Waals surface area contributed by atoms with Gasteiger partial charge >= 0.3 is 0 Å². The molecule has 1 unspecified atom stereocenters. The van der Waals surface area contributed by atoms with E-state index in [1.165, 1.54) is 0 Å². The highest BCUT2D eigenvalue weighted by atomic mass is 35.5. The molecule has 3 rings (SSSR count). The van der Waals surface area contributed by atoms with Gasteiger partial charge in [-0.1, -0.05) is 11.6 Å². The van der Waals surface area contributed by atoms with Crippen molar-refractivity contribution >= 4 is 17.1 Å². The summed E-state index contributed by atoms with van der Waals surface area (Å²) in [6.07, 6.45) is 7.65. The molecule has 1 atom stereocenters. The van der Waals surface area contributed by atoms with Crippen LogP contribution in [0, 0.1) is 6.92 Å². The van der Waals surface area contributed by atoms with E-state index in [9.17, 15) is 0 Å². The Bertz CT molecular complexity index is 759. The smallest absolute Gasteiger partial charge is 0.130 e. The number of rotatable bonds is 3. The monoisotopic (exact) mass is 290 g/mol. The Morgan fingerprint density at radius 3 is 2.90 bits per heavy atom. The Kier molecular flexibility index (Phi) is 3.19. The fraction of sp³-hybridized carbons (Fsp3) is 0.308. The summed E-state index contributed by atoms with van der Waals surface area (Å²) in [6, 6.07) is -0.197. The van der Waals surface area contributed by atoms with Crippen molar-refractivity contribution in [2.45, 2.75) is 19.4 Å². The van der Waals surface area contributed by atoms with E-state index < -0.39 is 0 Å². The lowest BCUT2D eigenvalue weighted by Gasteiger charge is -2.10. The first-order chi connectivity index (χ1) is 9.58. The van der Waals surface area contributed by atoms with Crippen LogP contribution in [0.3, 0.4) is 0 Å². The van der Waals surface area contributed by atoms with E-state index in [1.807, 2.05) is 14.0 Å². The van der Waals surface area contributed by atoms with Crippen LogP contribution in [0.15, 0.2) is 24.8 Å². The maximum Gasteiger partial charge on any atom is 0.130 e. The number of halogens is 1. The molecule has 6 nitrogen and oxygen atoms in total. The first-order valence-corrected chi connectivity index (χ1v) is 6.66. The molecule has 0 saturated carbocycles. The van der Waals surface area contributed by atoms with Crippen LogP contribution >= 0.6 is 11.6 Å². The van der Waals surface area contributed by atoms with Crippen molar-refractivity contribution in [1.82, 2.24) is 24.4 Å². The lowest BCUT2D eigenvalue weighted by molar-refractivity contribution is 0.723. The normalized spacial score (nSPS) is 13.0. The van der Waals surface area contributed by atoms with E-state index in [0.29, 0.717) is 11.6 Å². The van der Waals surface area contributed by atoms with Crippen LogP contribution in [0.5, 0.6) is 0 Å². The van der Waals surface area contributed by atoms with Gasteiger partial charge in [-0.3, -0.25) is 9.67 Å². The third-order valence-corrected chi connectivity index (χ3v) is 3.92. The largest absolute Gasteiger partial charge is 0.324 e. The molecule has 0 aromatic carbocycles. The summed E-state index contributed by atoms with van der Waals surface area (Å²) in [4.78, 5) is 4.12. The summed E-state index contributed by atoms with van der Waals surface area (Å²) in [5.41, 5.74) is 10.1. The second kappa shape index (κ2) is 4.88. The van der Waals surface area contributed by atoms with E-state index in [0.717, 1.165) is 22.3 Å². The molecule has 0 aliphatic rings. The zero-order valence-electron chi connectivity index (χ0n) is 11.3. The van der Waals surface area contributed by atoms with Gasteiger partial charge in [0.2, 0.25) is 0 Å². The van der Waals surface area contributed by atoms with Crippen molar-refractivity contribution in [3.63, 3.8) is 0 Å². The molecule has 7 heteroatoms. The number of nitrogens with two attached hydrogens (primary N) is 1. The van der Waals surface area contributed by atoms with Gasteiger partial charge in [0.25, 0.3) is 0 Å². The van der Waals surface area contributed by atoms with E-state index in [2.05, 4.69) is 15.2 Å². The van der Waals surface area contributed by atoms with E-state index in [-0.39, 0.29) is 6.04 Å². The number of hydrogen-bond acceptors (Lipinski definition) is 4. The van der Waals surface area contributed by atoms with Crippen molar-refractivity contribution in [2.75, 3.05) is 0 Å². The van der Waals surface area contributed by atoms with Crippen LogP contribution in [-0.4, -0.2) is 24.4 Å². The first kappa shape index (κ1) is 13.1. The quantitative estimate of drug-likeness (QED) is 0.796. The molecule has 0 aliphatic carbocycles. The second-order valence-electron chi connectivity index (χ2n) is 4.80. The second-order valence-corrected chi connectivity index (χ2v) is 5.15. The molecule has 0 amide bonds. The lowest BCUT2D eigenvalue weighted by Crippen LogP contribution is -2.13. The number of hydrogen-bond donors (Lipinski definition) is 1. The molecule has 3 aromatic rings. The molecule has 0 radical (unpaired) electrons. The van der Waals surface area contributed by atoms with E-state index in [1.54, 1.807) is 34.0 Å². The topological polar surface area (TPSA) is 74.0 Å². The minimum atomic E-state index is -0.197. The Hall–Kier alpha value is -1.92. The predicted octanol–water partition coefficient (Wildman–Crippen LogP) is 1.67. The van der Waals surface area contributed by atoms with Gasteiger partial charge in [0.1, 0.15) is 5.15 Å². The highest BCUT2D eigenvalue weighted by Gasteiger charge is 2.18. The summed E-state index contributed by atoms with van der Waals surface area (Å²) in [5, 5.41) is 9.21. The Morgan fingerprint density at radius 1 is 1.40 bits per heavy atom. The van der Waals surface area contributed by atoms with Crippen molar-refractivity contribution in [3.05, 3.63) is 46.8 Å². The van der Waals surface area contributed by atoms with Crippen LogP contribution < -0.4 is 5.73 Å². The van der Waals surface area contributed by atoms with Gasteiger partial charge in [-0.25, -0.2) is 4.52 Å². The Labute approximate surface area is 121 Å². The van der Waals surface area contributed by atoms with Crippen molar-refractivity contribution in [3.8, 4) is 0 Å². The van der Waals surface area contributed by atoms with E-state index >= 15 is 0 Å². The molecule has 0 fully saturated rings. The van der Waals surface area contributed by atoms with Gasteiger partial charge in [0.05, 0.1) is 23.6 Å². The number of aryl methyl sites for hydroxylation is 2. The molecule has 3 heterocycles. The summed E-state index contributed by atoms with van der Waals surface area (Å²) in [5.74, 6) is 0. The molecule has 0 saturated heterocycles. The van der Waals surface area contributed by atoms with Crippen molar-refractivity contribution in [2.24, 2.45) is 12.8 Å². The highest BCUT2D eigenvalue weighted by Crippen LogP contribution is 2.26. The van der Waals surface area contributed by atoms with Gasteiger partial charge in [0, 0.05) is 36.6 Å². The van der Waals surface area contributed by atoms with Gasteiger partial charge in [-0.15, -0.1) is 0 Å². The number of aromatic nitrogens is 5. The minimum Gasteiger partial charge on any atom is -0.324 e. The maximum atomic E-state index is 6.31. The lowest BCUT2D eigenvalue weighted by atomic mass is 10.0. The fourth-order valence-corrected chi connectivity index (χ4v) is 2.63. The van der Waals surface area contributed by atoms with Gasteiger partial charge < -0.3 is 5.73 Å². The van der Waals surface area contributed by atoms with Gasteiger partial charge in [0.15, 0.2) is 0 Å². The van der Waals surface area contributed by atoms with E-state index in [4.69, 9.17) is 17.3 Å². The molecule has 20 heavy (non-hydrogen) atoms. The molecule has 0 bridgehead atoms. The number of nitrogens with zero attached hydrogens (tertiary/aromatic N) is 5. The minimum absolute atomic E-state index is 0.197. The van der Waals surface area contributed by atoms with Crippen LogP contribution in [0.1, 0.15) is 22.9 Å². The molecule has 0 spiro atoms. The van der Waals surface area contributed by atoms with Crippen molar-refractivity contribution in [1.29, 1.82) is 0 Å². The molecular formula is C13H15ClN6. The third kappa shape index (κ3) is 2.07. The Balaban J connectivity index is 1.95. The summed E-state index contributed by atoms with van der Waals surface area (Å²) >= 11 is 6.25. The molecular weight excluding hydrogens is 276 g/mol.